The number of fused-ring (bicyclic) bond motifs is 1. The Labute approximate surface area is 175 Å². The van der Waals surface area contributed by atoms with Gasteiger partial charge in [0.05, 0.1) is 34.7 Å². The molecular weight excluding hydrogens is 409 g/mol. The number of nitrogens with one attached hydrogen (secondary N) is 1. The lowest BCUT2D eigenvalue weighted by molar-refractivity contribution is -0.137. The van der Waals surface area contributed by atoms with Crippen LogP contribution in [0.15, 0.2) is 47.3 Å². The van der Waals surface area contributed by atoms with Crippen molar-refractivity contribution < 1.29 is 18.0 Å². The molecule has 0 bridgehead atoms. The molecule has 31 heavy (non-hydrogen) atoms. The smallest absolute Gasteiger partial charge is 0.342 e. The first-order valence-corrected chi connectivity index (χ1v) is 9.84. The van der Waals surface area contributed by atoms with Crippen molar-refractivity contribution in [2.75, 3.05) is 13.1 Å². The molecule has 1 fully saturated rings. The number of amides is 1. The Bertz CT molecular complexity index is 1210. The number of H-pyrrole nitrogens is 1. The summed E-state index contributed by atoms with van der Waals surface area (Å²) in [6.45, 7) is 0.916. The van der Waals surface area contributed by atoms with Crippen molar-refractivity contribution in [2.24, 2.45) is 0 Å². The SMILES string of the molecule is N#Cc1ccc2c(c1)[nH]c(=O)n2C1CCN(C(=O)Cc2ccc(C(F)(F)F)cc2)CC1. The number of nitriles is 1. The average Bonchev–Trinajstić information content (AvgIpc) is 3.08. The molecule has 2 heterocycles. The highest BCUT2D eigenvalue weighted by atomic mass is 19.4. The highest BCUT2D eigenvalue weighted by molar-refractivity contribution is 5.79. The molecule has 1 saturated heterocycles. The molecule has 6 nitrogen and oxygen atoms in total. The minimum Gasteiger partial charge on any atom is -0.342 e. The summed E-state index contributed by atoms with van der Waals surface area (Å²) in [6, 6.07) is 11.6. The van der Waals surface area contributed by atoms with Gasteiger partial charge in [0.2, 0.25) is 5.91 Å². The summed E-state index contributed by atoms with van der Waals surface area (Å²) < 4.78 is 39.7. The van der Waals surface area contributed by atoms with Crippen molar-refractivity contribution >= 4 is 16.9 Å². The fraction of sp³-hybridized carbons (Fsp3) is 0.318. The zero-order valence-corrected chi connectivity index (χ0v) is 16.4. The maximum atomic E-state index is 12.7. The van der Waals surface area contributed by atoms with Crippen molar-refractivity contribution in [1.29, 1.82) is 5.26 Å². The minimum atomic E-state index is -4.40. The number of hydrogen-bond acceptors (Lipinski definition) is 3. The van der Waals surface area contributed by atoms with Crippen LogP contribution in [-0.2, 0) is 17.4 Å². The maximum absolute atomic E-state index is 12.7. The van der Waals surface area contributed by atoms with E-state index in [1.807, 2.05) is 6.07 Å². The van der Waals surface area contributed by atoms with Gasteiger partial charge in [0, 0.05) is 19.1 Å². The Morgan fingerprint density at radius 3 is 2.42 bits per heavy atom. The van der Waals surface area contributed by atoms with Gasteiger partial charge in [-0.05, 0) is 48.7 Å². The van der Waals surface area contributed by atoms with Crippen LogP contribution in [0.5, 0.6) is 0 Å². The molecule has 1 aliphatic heterocycles. The van der Waals surface area contributed by atoms with E-state index < -0.39 is 11.7 Å². The first-order valence-electron chi connectivity index (χ1n) is 9.84. The first-order chi connectivity index (χ1) is 14.8. The Morgan fingerprint density at radius 2 is 1.81 bits per heavy atom. The van der Waals surface area contributed by atoms with Crippen LogP contribution in [0, 0.1) is 11.3 Å². The van der Waals surface area contributed by atoms with Gasteiger partial charge in [0.15, 0.2) is 0 Å². The van der Waals surface area contributed by atoms with Gasteiger partial charge < -0.3 is 9.88 Å². The topological polar surface area (TPSA) is 81.9 Å². The molecule has 0 spiro atoms. The highest BCUT2D eigenvalue weighted by Gasteiger charge is 2.30. The molecule has 9 heteroatoms. The molecule has 0 unspecified atom stereocenters. The molecule has 1 amide bonds. The van der Waals surface area contributed by atoms with E-state index in [9.17, 15) is 22.8 Å². The van der Waals surface area contributed by atoms with E-state index in [0.29, 0.717) is 42.6 Å². The highest BCUT2D eigenvalue weighted by Crippen LogP contribution is 2.29. The predicted octanol–water partition coefficient (Wildman–Crippen LogP) is 3.63. The van der Waals surface area contributed by atoms with Gasteiger partial charge in [-0.1, -0.05) is 12.1 Å². The fourth-order valence-corrected chi connectivity index (χ4v) is 4.03. The first kappa shape index (κ1) is 20.7. The third-order valence-electron chi connectivity index (χ3n) is 5.66. The van der Waals surface area contributed by atoms with Crippen molar-refractivity contribution in [3.8, 4) is 6.07 Å². The van der Waals surface area contributed by atoms with Crippen molar-refractivity contribution in [2.45, 2.75) is 31.5 Å². The van der Waals surface area contributed by atoms with Crippen molar-refractivity contribution in [3.63, 3.8) is 0 Å². The van der Waals surface area contributed by atoms with Gasteiger partial charge in [0.25, 0.3) is 0 Å². The van der Waals surface area contributed by atoms with Gasteiger partial charge in [0.1, 0.15) is 0 Å². The van der Waals surface area contributed by atoms with E-state index >= 15 is 0 Å². The molecule has 1 aliphatic rings. The van der Waals surface area contributed by atoms with E-state index in [2.05, 4.69) is 4.98 Å². The molecule has 2 aromatic carbocycles. The molecular formula is C22H19F3N4O2. The Hall–Kier alpha value is -3.54. The van der Waals surface area contributed by atoms with Crippen molar-refractivity contribution in [1.82, 2.24) is 14.5 Å². The number of carbonyl (C=O) groups is 1. The number of benzene rings is 2. The molecule has 3 aromatic rings. The van der Waals surface area contributed by atoms with Gasteiger partial charge in [-0.15, -0.1) is 0 Å². The van der Waals surface area contributed by atoms with Gasteiger partial charge in [-0.2, -0.15) is 18.4 Å². The van der Waals surface area contributed by atoms with Crippen LogP contribution in [-0.4, -0.2) is 33.4 Å². The van der Waals surface area contributed by atoms with Gasteiger partial charge >= 0.3 is 11.9 Å². The summed E-state index contributed by atoms with van der Waals surface area (Å²) in [6.07, 6.45) is -3.19. The number of halogens is 3. The molecule has 0 aliphatic carbocycles. The molecule has 4 rings (SSSR count). The van der Waals surface area contributed by atoms with Crippen LogP contribution >= 0.6 is 0 Å². The van der Waals surface area contributed by atoms with E-state index in [4.69, 9.17) is 5.26 Å². The normalized spacial score (nSPS) is 15.2. The molecule has 1 N–H and O–H groups in total. The van der Waals surface area contributed by atoms with Crippen LogP contribution in [0.3, 0.4) is 0 Å². The van der Waals surface area contributed by atoms with Crippen LogP contribution in [0.25, 0.3) is 11.0 Å². The Kier molecular flexibility index (Phi) is 5.31. The van der Waals surface area contributed by atoms with Crippen LogP contribution in [0.1, 0.15) is 35.6 Å². The lowest BCUT2D eigenvalue weighted by Crippen LogP contribution is -2.41. The van der Waals surface area contributed by atoms with Crippen LogP contribution in [0.2, 0.25) is 0 Å². The van der Waals surface area contributed by atoms with E-state index in [1.54, 1.807) is 27.7 Å². The number of likely N-dealkylation sites (tertiary alicyclic amines) is 1. The molecule has 0 radical (unpaired) electrons. The number of nitrogens with zero attached hydrogens (tertiary/aromatic N) is 3. The second-order valence-corrected chi connectivity index (χ2v) is 7.63. The van der Waals surface area contributed by atoms with Gasteiger partial charge in [-0.3, -0.25) is 9.36 Å². The zero-order valence-electron chi connectivity index (χ0n) is 16.4. The number of piperidine rings is 1. The van der Waals surface area contributed by atoms with E-state index in [1.165, 1.54) is 12.1 Å². The zero-order chi connectivity index (χ0) is 22.2. The quantitative estimate of drug-likeness (QED) is 0.692. The van der Waals surface area contributed by atoms with E-state index in [0.717, 1.165) is 17.6 Å². The summed E-state index contributed by atoms with van der Waals surface area (Å²) in [5.74, 6) is -0.150. The number of rotatable bonds is 3. The largest absolute Gasteiger partial charge is 0.416 e. The molecule has 160 valence electrons. The van der Waals surface area contributed by atoms with Crippen LogP contribution in [0.4, 0.5) is 13.2 Å². The lowest BCUT2D eigenvalue weighted by atomic mass is 10.0. The van der Waals surface area contributed by atoms with Crippen LogP contribution < -0.4 is 5.69 Å². The molecule has 0 atom stereocenters. The maximum Gasteiger partial charge on any atom is 0.416 e. The summed E-state index contributed by atoms with van der Waals surface area (Å²) >= 11 is 0. The monoisotopic (exact) mass is 428 g/mol. The second-order valence-electron chi connectivity index (χ2n) is 7.63. The minimum absolute atomic E-state index is 0.0345. The lowest BCUT2D eigenvalue weighted by Gasteiger charge is -2.32. The number of aromatic amines is 1. The number of alkyl halides is 3. The predicted molar refractivity (Wildman–Crippen MR) is 107 cm³/mol. The summed E-state index contributed by atoms with van der Waals surface area (Å²) in [7, 11) is 0. The fourth-order valence-electron chi connectivity index (χ4n) is 4.03. The summed E-state index contributed by atoms with van der Waals surface area (Å²) in [5, 5.41) is 9.02. The number of aromatic nitrogens is 2. The Morgan fingerprint density at radius 1 is 1.13 bits per heavy atom. The average molecular weight is 428 g/mol. The standard InChI is InChI=1S/C22H19F3N4O2/c23-22(24,25)16-4-1-14(2-5-16)12-20(30)28-9-7-17(8-10-28)29-19-6-3-15(13-26)11-18(19)27-21(29)31/h1-6,11,17H,7-10,12H2,(H,27,31). The Balaban J connectivity index is 1.41. The van der Waals surface area contributed by atoms with E-state index in [-0.39, 0.29) is 24.1 Å². The number of imidazole rings is 1. The third kappa shape index (κ3) is 4.19. The van der Waals surface area contributed by atoms with Gasteiger partial charge in [-0.25, -0.2) is 4.79 Å². The summed E-state index contributed by atoms with van der Waals surface area (Å²) in [4.78, 5) is 29.5. The second kappa shape index (κ2) is 7.95. The van der Waals surface area contributed by atoms with Crippen molar-refractivity contribution in [3.05, 3.63) is 69.6 Å². The number of hydrogen-bond donors (Lipinski definition) is 1. The summed E-state index contributed by atoms with van der Waals surface area (Å²) in [5.41, 5.74) is 1.32. The molecule has 1 aromatic heterocycles. The molecule has 0 saturated carbocycles. The number of carbonyl (C=O) groups excluding carboxylic acids is 1. The third-order valence-corrected chi connectivity index (χ3v) is 5.66.